The Hall–Kier alpha value is -0.620. The maximum absolute atomic E-state index is 11.9. The van der Waals surface area contributed by atoms with Gasteiger partial charge in [0.1, 0.15) is 0 Å². The number of carbonyl (C=O) groups excluding carboxylic acids is 1. The molecule has 1 saturated heterocycles. The molecule has 0 aromatic rings. The number of ether oxygens (including phenoxy) is 1. The fourth-order valence-corrected chi connectivity index (χ4v) is 3.43. The van der Waals surface area contributed by atoms with Crippen molar-refractivity contribution in [1.29, 1.82) is 0 Å². The highest BCUT2D eigenvalue weighted by Crippen LogP contribution is 2.19. The second-order valence-electron chi connectivity index (χ2n) is 4.58. The van der Waals surface area contributed by atoms with Crippen LogP contribution in [0.1, 0.15) is 32.6 Å². The van der Waals surface area contributed by atoms with Crippen molar-refractivity contribution in [3.63, 3.8) is 0 Å². The molecule has 0 aromatic heterocycles. The van der Waals surface area contributed by atoms with Crippen molar-refractivity contribution in [2.75, 3.05) is 26.0 Å². The summed E-state index contributed by atoms with van der Waals surface area (Å²) in [7, 11) is -1.88. The van der Waals surface area contributed by atoms with Gasteiger partial charge in [0.25, 0.3) is 0 Å². The maximum atomic E-state index is 11.9. The van der Waals surface area contributed by atoms with Crippen molar-refractivity contribution >= 4 is 16.0 Å². The van der Waals surface area contributed by atoms with Crippen LogP contribution < -0.4 is 0 Å². The molecule has 6 heteroatoms. The lowest BCUT2D eigenvalue weighted by molar-refractivity contribution is -0.140. The molecule has 1 heterocycles. The molecule has 0 spiro atoms. The maximum Gasteiger partial charge on any atom is 0.305 e. The molecule has 100 valence electrons. The third kappa shape index (κ3) is 4.63. The third-order valence-electron chi connectivity index (χ3n) is 3.15. The standard InChI is InChI=1S/C11H21NO4S/c1-10-5-7-12(8-6-10)17(14,15)9-3-4-11(13)16-2/h10H,3-9H2,1-2H3. The molecule has 5 nitrogen and oxygen atoms in total. The van der Waals surface area contributed by atoms with Gasteiger partial charge < -0.3 is 4.74 Å². The minimum atomic E-state index is -3.19. The SMILES string of the molecule is COC(=O)CCCS(=O)(=O)N1CCC(C)CC1. The number of piperidine rings is 1. The number of hydrogen-bond acceptors (Lipinski definition) is 4. The van der Waals surface area contributed by atoms with Crippen LogP contribution >= 0.6 is 0 Å². The molecular weight excluding hydrogens is 242 g/mol. The Morgan fingerprint density at radius 2 is 1.94 bits per heavy atom. The first-order valence-corrected chi connectivity index (χ1v) is 7.61. The zero-order chi connectivity index (χ0) is 12.9. The molecule has 1 aliphatic rings. The molecule has 0 unspecified atom stereocenters. The molecule has 0 N–H and O–H groups in total. The Bertz CT molecular complexity index is 344. The lowest BCUT2D eigenvalue weighted by Gasteiger charge is -2.29. The highest BCUT2D eigenvalue weighted by atomic mass is 32.2. The predicted molar refractivity (Wildman–Crippen MR) is 65.0 cm³/mol. The summed E-state index contributed by atoms with van der Waals surface area (Å²) >= 11 is 0. The minimum Gasteiger partial charge on any atom is -0.469 e. The van der Waals surface area contributed by atoms with Crippen molar-refractivity contribution in [2.24, 2.45) is 5.92 Å². The summed E-state index contributed by atoms with van der Waals surface area (Å²) < 4.78 is 29.9. The van der Waals surface area contributed by atoms with E-state index in [1.807, 2.05) is 0 Å². The monoisotopic (exact) mass is 263 g/mol. The normalized spacial score (nSPS) is 19.2. The quantitative estimate of drug-likeness (QED) is 0.694. The molecule has 0 amide bonds. The molecule has 1 aliphatic heterocycles. The van der Waals surface area contributed by atoms with Crippen molar-refractivity contribution < 1.29 is 17.9 Å². The molecule has 0 bridgehead atoms. The smallest absolute Gasteiger partial charge is 0.305 e. The number of esters is 1. The lowest BCUT2D eigenvalue weighted by atomic mass is 10.0. The Balaban J connectivity index is 2.38. The fourth-order valence-electron chi connectivity index (χ4n) is 1.89. The molecule has 17 heavy (non-hydrogen) atoms. The first-order valence-electron chi connectivity index (χ1n) is 6.00. The van der Waals surface area contributed by atoms with Gasteiger partial charge in [-0.25, -0.2) is 12.7 Å². The van der Waals surface area contributed by atoms with E-state index in [1.165, 1.54) is 7.11 Å². The van der Waals surface area contributed by atoms with E-state index in [0.29, 0.717) is 25.4 Å². The second-order valence-corrected chi connectivity index (χ2v) is 6.67. The van der Waals surface area contributed by atoms with Crippen LogP contribution in [0, 0.1) is 5.92 Å². The summed E-state index contributed by atoms with van der Waals surface area (Å²) in [6.45, 7) is 3.37. The molecular formula is C11H21NO4S. The topological polar surface area (TPSA) is 63.7 Å². The van der Waals surface area contributed by atoms with Crippen LogP contribution in [0.25, 0.3) is 0 Å². The zero-order valence-electron chi connectivity index (χ0n) is 10.5. The van der Waals surface area contributed by atoms with Gasteiger partial charge in [0, 0.05) is 19.5 Å². The van der Waals surface area contributed by atoms with Crippen molar-refractivity contribution in [3.8, 4) is 0 Å². The number of rotatable bonds is 5. The summed E-state index contributed by atoms with van der Waals surface area (Å²) in [6.07, 6.45) is 2.35. The van der Waals surface area contributed by atoms with Gasteiger partial charge in [-0.2, -0.15) is 0 Å². The number of hydrogen-bond donors (Lipinski definition) is 0. The van der Waals surface area contributed by atoms with Crippen LogP contribution in [0.5, 0.6) is 0 Å². The van der Waals surface area contributed by atoms with Crippen molar-refractivity contribution in [1.82, 2.24) is 4.31 Å². The third-order valence-corrected chi connectivity index (χ3v) is 5.10. The largest absolute Gasteiger partial charge is 0.469 e. The van der Waals surface area contributed by atoms with Crippen LogP contribution in [0.2, 0.25) is 0 Å². The van der Waals surface area contributed by atoms with Crippen molar-refractivity contribution in [3.05, 3.63) is 0 Å². The van der Waals surface area contributed by atoms with E-state index in [1.54, 1.807) is 4.31 Å². The van der Waals surface area contributed by atoms with Gasteiger partial charge in [0.2, 0.25) is 10.0 Å². The van der Waals surface area contributed by atoms with E-state index in [0.717, 1.165) is 12.8 Å². The summed E-state index contributed by atoms with van der Waals surface area (Å²) in [6, 6.07) is 0. The zero-order valence-corrected chi connectivity index (χ0v) is 11.3. The molecule has 0 aliphatic carbocycles. The summed E-state index contributed by atoms with van der Waals surface area (Å²) in [5.41, 5.74) is 0. The van der Waals surface area contributed by atoms with Gasteiger partial charge in [-0.15, -0.1) is 0 Å². The molecule has 1 fully saturated rings. The summed E-state index contributed by atoms with van der Waals surface area (Å²) in [4.78, 5) is 10.9. The van der Waals surface area contributed by atoms with Crippen LogP contribution in [0.3, 0.4) is 0 Å². The molecule has 0 saturated carbocycles. The Labute approximate surface area is 103 Å². The van der Waals surface area contributed by atoms with E-state index in [2.05, 4.69) is 11.7 Å². The second kappa shape index (κ2) is 6.35. The number of methoxy groups -OCH3 is 1. The van der Waals surface area contributed by atoms with Gasteiger partial charge in [-0.3, -0.25) is 4.79 Å². The highest BCUT2D eigenvalue weighted by molar-refractivity contribution is 7.89. The Kier molecular flexibility index (Phi) is 5.39. The molecule has 0 aromatic carbocycles. The highest BCUT2D eigenvalue weighted by Gasteiger charge is 2.26. The summed E-state index contributed by atoms with van der Waals surface area (Å²) in [5, 5.41) is 0. The van der Waals surface area contributed by atoms with E-state index >= 15 is 0 Å². The van der Waals surface area contributed by atoms with Crippen LogP contribution in [0.15, 0.2) is 0 Å². The van der Waals surface area contributed by atoms with E-state index < -0.39 is 10.0 Å². The van der Waals surface area contributed by atoms with Crippen molar-refractivity contribution in [2.45, 2.75) is 32.6 Å². The minimum absolute atomic E-state index is 0.0382. The van der Waals surface area contributed by atoms with Gasteiger partial charge in [0.05, 0.1) is 12.9 Å². The van der Waals surface area contributed by atoms with Gasteiger partial charge in [-0.05, 0) is 25.2 Å². The number of sulfonamides is 1. The van der Waals surface area contributed by atoms with Gasteiger partial charge in [0.15, 0.2) is 0 Å². The predicted octanol–water partition coefficient (Wildman–Crippen LogP) is 1.00. The Morgan fingerprint density at radius 3 is 2.47 bits per heavy atom. The lowest BCUT2D eigenvalue weighted by Crippen LogP contribution is -2.39. The first-order chi connectivity index (χ1) is 7.95. The van der Waals surface area contributed by atoms with Crippen LogP contribution in [0.4, 0.5) is 0 Å². The van der Waals surface area contributed by atoms with Gasteiger partial charge >= 0.3 is 5.97 Å². The number of nitrogens with zero attached hydrogens (tertiary/aromatic N) is 1. The first kappa shape index (κ1) is 14.4. The fraction of sp³-hybridized carbons (Fsp3) is 0.909. The van der Waals surface area contributed by atoms with E-state index in [4.69, 9.17) is 0 Å². The van der Waals surface area contributed by atoms with Crippen LogP contribution in [-0.2, 0) is 19.6 Å². The average molecular weight is 263 g/mol. The van der Waals surface area contributed by atoms with E-state index in [-0.39, 0.29) is 18.1 Å². The number of carbonyl (C=O) groups is 1. The van der Waals surface area contributed by atoms with Crippen LogP contribution in [-0.4, -0.2) is 44.6 Å². The van der Waals surface area contributed by atoms with Gasteiger partial charge in [-0.1, -0.05) is 6.92 Å². The Morgan fingerprint density at radius 1 is 1.35 bits per heavy atom. The van der Waals surface area contributed by atoms with E-state index in [9.17, 15) is 13.2 Å². The molecule has 0 atom stereocenters. The average Bonchev–Trinajstić information content (AvgIpc) is 2.29. The molecule has 1 rings (SSSR count). The molecule has 0 radical (unpaired) electrons. The summed E-state index contributed by atoms with van der Waals surface area (Å²) in [5.74, 6) is 0.292.